The molecular formula is C17H17N3O3. The molecule has 0 fully saturated rings. The Balaban J connectivity index is 1.75. The maximum absolute atomic E-state index is 11.6. The van der Waals surface area contributed by atoms with E-state index >= 15 is 0 Å². The fourth-order valence-electron chi connectivity index (χ4n) is 1.70. The van der Waals surface area contributed by atoms with E-state index in [1.165, 1.54) is 18.6 Å². The second kappa shape index (κ2) is 8.33. The van der Waals surface area contributed by atoms with Crippen LogP contribution in [0.3, 0.4) is 0 Å². The minimum absolute atomic E-state index is 0.153. The van der Waals surface area contributed by atoms with Gasteiger partial charge in [0.25, 0.3) is 5.91 Å². The topological polar surface area (TPSA) is 83.7 Å². The molecule has 0 aliphatic heterocycles. The summed E-state index contributed by atoms with van der Waals surface area (Å²) in [5, 5.41) is 6.47. The van der Waals surface area contributed by atoms with Crippen molar-refractivity contribution in [1.82, 2.24) is 10.7 Å². The molecule has 0 aliphatic carbocycles. The summed E-state index contributed by atoms with van der Waals surface area (Å²) in [5.74, 6) is -0.768. The molecule has 0 atom stereocenters. The van der Waals surface area contributed by atoms with Crippen molar-refractivity contribution in [3.05, 3.63) is 66.1 Å². The summed E-state index contributed by atoms with van der Waals surface area (Å²) >= 11 is 0. The molecular weight excluding hydrogens is 294 g/mol. The number of rotatable bonds is 6. The van der Waals surface area contributed by atoms with Crippen molar-refractivity contribution in [2.45, 2.75) is 6.92 Å². The molecule has 0 bridgehead atoms. The first-order valence-electron chi connectivity index (χ1n) is 7.02. The maximum atomic E-state index is 11.6. The summed E-state index contributed by atoms with van der Waals surface area (Å²) in [7, 11) is 0. The van der Waals surface area contributed by atoms with E-state index in [0.29, 0.717) is 5.71 Å². The fourth-order valence-corrected chi connectivity index (χ4v) is 1.70. The van der Waals surface area contributed by atoms with Crippen LogP contribution in [0.25, 0.3) is 6.08 Å². The van der Waals surface area contributed by atoms with Crippen LogP contribution in [0.4, 0.5) is 0 Å². The van der Waals surface area contributed by atoms with Crippen LogP contribution in [-0.4, -0.2) is 24.1 Å². The van der Waals surface area contributed by atoms with Gasteiger partial charge in [-0.05, 0) is 24.6 Å². The van der Waals surface area contributed by atoms with Crippen LogP contribution in [0.5, 0.6) is 0 Å². The van der Waals surface area contributed by atoms with E-state index in [9.17, 15) is 9.59 Å². The quantitative estimate of drug-likeness (QED) is 0.486. The molecule has 6 heteroatoms. The zero-order valence-corrected chi connectivity index (χ0v) is 12.7. The highest BCUT2D eigenvalue weighted by molar-refractivity contribution is 5.99. The highest BCUT2D eigenvalue weighted by Gasteiger charge is 2.03. The molecule has 0 radical (unpaired) electrons. The Bertz CT molecular complexity index is 704. The van der Waals surface area contributed by atoms with Gasteiger partial charge in [0.05, 0.1) is 24.8 Å². The van der Waals surface area contributed by atoms with Crippen LogP contribution >= 0.6 is 0 Å². The highest BCUT2D eigenvalue weighted by Crippen LogP contribution is 2.01. The number of nitrogens with one attached hydrogen (secondary N) is 2. The number of furan rings is 1. The predicted octanol–water partition coefficient (Wildman–Crippen LogP) is 1.95. The molecule has 2 rings (SSSR count). The number of carbonyl (C=O) groups excluding carboxylic acids is 2. The maximum Gasteiger partial charge on any atom is 0.259 e. The Labute approximate surface area is 133 Å². The average Bonchev–Trinajstić information content (AvgIpc) is 3.10. The first kappa shape index (κ1) is 16.2. The lowest BCUT2D eigenvalue weighted by Crippen LogP contribution is -2.34. The lowest BCUT2D eigenvalue weighted by Gasteiger charge is -2.03. The molecule has 1 aromatic heterocycles. The van der Waals surface area contributed by atoms with Crippen LogP contribution in [0.15, 0.2) is 64.5 Å². The molecule has 1 aromatic carbocycles. The normalized spacial score (nSPS) is 11.4. The molecule has 2 amide bonds. The first-order chi connectivity index (χ1) is 11.1. The molecule has 0 saturated heterocycles. The number of nitrogens with zero attached hydrogens (tertiary/aromatic N) is 1. The van der Waals surface area contributed by atoms with Crippen LogP contribution in [0, 0.1) is 0 Å². The Morgan fingerprint density at radius 2 is 2.00 bits per heavy atom. The number of hydrazone groups is 1. The van der Waals surface area contributed by atoms with Crippen molar-refractivity contribution >= 4 is 23.6 Å². The molecule has 2 aromatic rings. The van der Waals surface area contributed by atoms with Gasteiger partial charge in [-0.2, -0.15) is 5.10 Å². The van der Waals surface area contributed by atoms with Gasteiger partial charge in [-0.25, -0.2) is 5.43 Å². The third kappa shape index (κ3) is 5.62. The van der Waals surface area contributed by atoms with Crippen LogP contribution < -0.4 is 10.7 Å². The van der Waals surface area contributed by atoms with Gasteiger partial charge in [0.15, 0.2) is 0 Å². The first-order valence-corrected chi connectivity index (χ1v) is 7.02. The van der Waals surface area contributed by atoms with E-state index < -0.39 is 5.91 Å². The van der Waals surface area contributed by atoms with Crippen LogP contribution in [0.1, 0.15) is 18.1 Å². The second-order valence-corrected chi connectivity index (χ2v) is 4.71. The third-order valence-corrected chi connectivity index (χ3v) is 2.93. The van der Waals surface area contributed by atoms with E-state index in [4.69, 9.17) is 4.42 Å². The molecule has 1 heterocycles. The van der Waals surface area contributed by atoms with Crippen molar-refractivity contribution in [2.24, 2.45) is 5.10 Å². The van der Waals surface area contributed by atoms with Gasteiger partial charge >= 0.3 is 0 Å². The van der Waals surface area contributed by atoms with Gasteiger partial charge in [0.1, 0.15) is 0 Å². The van der Waals surface area contributed by atoms with E-state index in [1.807, 2.05) is 30.3 Å². The Hall–Kier alpha value is -3.15. The van der Waals surface area contributed by atoms with Crippen molar-refractivity contribution in [1.29, 1.82) is 0 Å². The molecule has 0 unspecified atom stereocenters. The van der Waals surface area contributed by atoms with Crippen molar-refractivity contribution in [3.8, 4) is 0 Å². The van der Waals surface area contributed by atoms with Gasteiger partial charge in [0.2, 0.25) is 5.91 Å². The fraction of sp³-hybridized carbons (Fsp3) is 0.118. The molecule has 23 heavy (non-hydrogen) atoms. The van der Waals surface area contributed by atoms with Crippen molar-refractivity contribution in [3.63, 3.8) is 0 Å². The zero-order valence-electron chi connectivity index (χ0n) is 12.7. The monoisotopic (exact) mass is 311 g/mol. The van der Waals surface area contributed by atoms with Crippen LogP contribution in [-0.2, 0) is 9.59 Å². The number of hydrogen-bond donors (Lipinski definition) is 2. The van der Waals surface area contributed by atoms with Gasteiger partial charge in [0, 0.05) is 11.6 Å². The van der Waals surface area contributed by atoms with E-state index in [0.717, 1.165) is 11.1 Å². The second-order valence-electron chi connectivity index (χ2n) is 4.71. The van der Waals surface area contributed by atoms with Crippen LogP contribution in [0.2, 0.25) is 0 Å². The largest absolute Gasteiger partial charge is 0.472 e. The summed E-state index contributed by atoms with van der Waals surface area (Å²) in [6, 6.07) is 11.2. The van der Waals surface area contributed by atoms with Crippen molar-refractivity contribution < 1.29 is 14.0 Å². The molecule has 0 aliphatic rings. The summed E-state index contributed by atoms with van der Waals surface area (Å²) in [6.07, 6.45) is 5.95. The zero-order chi connectivity index (χ0) is 16.5. The summed E-state index contributed by atoms with van der Waals surface area (Å²) < 4.78 is 4.87. The minimum atomic E-state index is -0.398. The smallest absolute Gasteiger partial charge is 0.259 e. The molecule has 118 valence electrons. The molecule has 2 N–H and O–H groups in total. The number of hydrogen-bond acceptors (Lipinski definition) is 4. The third-order valence-electron chi connectivity index (χ3n) is 2.93. The van der Waals surface area contributed by atoms with Gasteiger partial charge in [-0.15, -0.1) is 0 Å². The van der Waals surface area contributed by atoms with Gasteiger partial charge in [-0.3, -0.25) is 9.59 Å². The van der Waals surface area contributed by atoms with Gasteiger partial charge in [-0.1, -0.05) is 30.3 Å². The SMILES string of the molecule is C/C(=N\NC(=O)CNC(=O)/C=C/c1ccoc1)c1ccccc1. The van der Waals surface area contributed by atoms with E-state index in [1.54, 1.807) is 19.1 Å². The number of amides is 2. The Morgan fingerprint density at radius 3 is 2.70 bits per heavy atom. The van der Waals surface area contributed by atoms with E-state index in [2.05, 4.69) is 15.8 Å². The number of carbonyl (C=O) groups is 2. The summed E-state index contributed by atoms with van der Waals surface area (Å²) in [4.78, 5) is 23.2. The average molecular weight is 311 g/mol. The standard InChI is InChI=1S/C17H17N3O3/c1-13(15-5-3-2-4-6-15)19-20-17(22)11-18-16(21)8-7-14-9-10-23-12-14/h2-10,12H,11H2,1H3,(H,18,21)(H,20,22)/b8-7+,19-13+. The molecule has 6 nitrogen and oxygen atoms in total. The summed E-state index contributed by atoms with van der Waals surface area (Å²) in [5.41, 5.74) is 4.77. The number of benzene rings is 1. The van der Waals surface area contributed by atoms with Crippen molar-refractivity contribution in [2.75, 3.05) is 6.54 Å². The highest BCUT2D eigenvalue weighted by atomic mass is 16.3. The molecule has 0 saturated carbocycles. The minimum Gasteiger partial charge on any atom is -0.472 e. The molecule has 0 spiro atoms. The lowest BCUT2D eigenvalue weighted by atomic mass is 10.1. The lowest BCUT2D eigenvalue weighted by molar-refractivity contribution is -0.123. The summed E-state index contributed by atoms with van der Waals surface area (Å²) in [6.45, 7) is 1.64. The Morgan fingerprint density at radius 1 is 1.22 bits per heavy atom. The predicted molar refractivity (Wildman–Crippen MR) is 87.5 cm³/mol. The Kier molecular flexibility index (Phi) is 5.88. The van der Waals surface area contributed by atoms with Gasteiger partial charge < -0.3 is 9.73 Å². The van der Waals surface area contributed by atoms with E-state index in [-0.39, 0.29) is 12.5 Å².